The Hall–Kier alpha value is -0.940. The maximum Gasteiger partial charge on any atom is 0.320 e. The number of nitrogens with zero attached hydrogens (tertiary/aromatic N) is 2. The molecule has 2 heterocycles. The van der Waals surface area contributed by atoms with E-state index in [1.54, 1.807) is 11.3 Å². The number of aromatic nitrogens is 1. The van der Waals surface area contributed by atoms with Crippen LogP contribution in [-0.2, 0) is 24.2 Å². The first-order chi connectivity index (χ1) is 8.65. The van der Waals surface area contributed by atoms with E-state index in [9.17, 15) is 9.90 Å². The Kier molecular flexibility index (Phi) is 4.35. The fourth-order valence-corrected chi connectivity index (χ4v) is 3.69. The molecule has 1 aliphatic rings. The zero-order valence-electron chi connectivity index (χ0n) is 11.0. The lowest BCUT2D eigenvalue weighted by molar-refractivity contribution is -0.143. The van der Waals surface area contributed by atoms with Gasteiger partial charge in [-0.05, 0) is 19.3 Å². The molecule has 1 atom stereocenters. The fraction of sp³-hybridized carbons (Fsp3) is 0.692. The van der Waals surface area contributed by atoms with Crippen molar-refractivity contribution < 1.29 is 9.90 Å². The van der Waals surface area contributed by atoms with Gasteiger partial charge in [-0.3, -0.25) is 9.69 Å². The Morgan fingerprint density at radius 2 is 2.33 bits per heavy atom. The Balaban J connectivity index is 2.11. The number of aliphatic carboxylic acids is 1. The molecule has 1 aromatic heterocycles. The Morgan fingerprint density at radius 1 is 1.56 bits per heavy atom. The summed E-state index contributed by atoms with van der Waals surface area (Å²) >= 11 is 1.76. The lowest BCUT2D eigenvalue weighted by atomic mass is 10.1. The van der Waals surface area contributed by atoms with E-state index in [-0.39, 0.29) is 6.04 Å². The number of hydrogen-bond donors (Lipinski definition) is 1. The molecule has 5 heteroatoms. The van der Waals surface area contributed by atoms with Crippen LogP contribution in [0, 0.1) is 0 Å². The van der Waals surface area contributed by atoms with Crippen molar-refractivity contribution in [3.8, 4) is 0 Å². The molecule has 1 N–H and O–H groups in total. The third-order valence-electron chi connectivity index (χ3n) is 3.38. The van der Waals surface area contributed by atoms with Gasteiger partial charge in [-0.15, -0.1) is 11.3 Å². The maximum atomic E-state index is 11.2. The summed E-state index contributed by atoms with van der Waals surface area (Å²) in [6, 6.07) is -0.352. The van der Waals surface area contributed by atoms with E-state index < -0.39 is 5.97 Å². The molecule has 0 aromatic carbocycles. The van der Waals surface area contributed by atoms with Gasteiger partial charge in [0.2, 0.25) is 0 Å². The number of rotatable bonds is 5. The van der Waals surface area contributed by atoms with Crippen LogP contribution in [0.5, 0.6) is 0 Å². The second kappa shape index (κ2) is 5.80. The Morgan fingerprint density at radius 3 is 2.94 bits per heavy atom. The standard InChI is InChI=1S/C13H20N2O2S/c1-3-5-12-14-9-6-7-15(8-11(9)18-12)10(4-2)13(16)17/h10H,3-8H2,1-2H3,(H,16,17). The van der Waals surface area contributed by atoms with Crippen LogP contribution in [0.2, 0.25) is 0 Å². The van der Waals surface area contributed by atoms with E-state index in [1.807, 2.05) is 6.92 Å². The van der Waals surface area contributed by atoms with E-state index in [4.69, 9.17) is 0 Å². The molecule has 100 valence electrons. The Bertz CT molecular complexity index is 431. The average molecular weight is 268 g/mol. The van der Waals surface area contributed by atoms with Gasteiger partial charge in [0.15, 0.2) is 0 Å². The molecule has 1 aliphatic heterocycles. The minimum absolute atomic E-state index is 0.352. The number of carboxylic acids is 1. The van der Waals surface area contributed by atoms with Crippen LogP contribution in [-0.4, -0.2) is 33.5 Å². The van der Waals surface area contributed by atoms with Crippen molar-refractivity contribution in [1.29, 1.82) is 0 Å². The minimum atomic E-state index is -0.709. The molecule has 4 nitrogen and oxygen atoms in total. The number of thiazole rings is 1. The van der Waals surface area contributed by atoms with Crippen molar-refractivity contribution >= 4 is 17.3 Å². The monoisotopic (exact) mass is 268 g/mol. The highest BCUT2D eigenvalue weighted by Crippen LogP contribution is 2.27. The predicted octanol–water partition coefficient (Wildman–Crippen LogP) is 2.32. The molecule has 0 amide bonds. The second-order valence-corrected chi connectivity index (χ2v) is 5.88. The minimum Gasteiger partial charge on any atom is -0.480 e. The van der Waals surface area contributed by atoms with Crippen molar-refractivity contribution in [3.05, 3.63) is 15.6 Å². The van der Waals surface area contributed by atoms with E-state index in [0.29, 0.717) is 6.42 Å². The van der Waals surface area contributed by atoms with Crippen LogP contribution in [0.4, 0.5) is 0 Å². The van der Waals surface area contributed by atoms with Crippen molar-refractivity contribution in [2.45, 2.75) is 52.1 Å². The number of aryl methyl sites for hydroxylation is 1. The molecule has 0 radical (unpaired) electrons. The lowest BCUT2D eigenvalue weighted by Gasteiger charge is -2.30. The van der Waals surface area contributed by atoms with Gasteiger partial charge in [0.1, 0.15) is 6.04 Å². The topological polar surface area (TPSA) is 53.4 Å². The van der Waals surface area contributed by atoms with Crippen LogP contribution in [0.25, 0.3) is 0 Å². The highest BCUT2D eigenvalue weighted by atomic mass is 32.1. The van der Waals surface area contributed by atoms with Crippen molar-refractivity contribution in [1.82, 2.24) is 9.88 Å². The van der Waals surface area contributed by atoms with Gasteiger partial charge in [-0.2, -0.15) is 0 Å². The predicted molar refractivity (Wildman–Crippen MR) is 71.9 cm³/mol. The molecule has 0 bridgehead atoms. The van der Waals surface area contributed by atoms with E-state index in [2.05, 4.69) is 16.8 Å². The lowest BCUT2D eigenvalue weighted by Crippen LogP contribution is -2.43. The third kappa shape index (κ3) is 2.72. The second-order valence-electron chi connectivity index (χ2n) is 4.71. The zero-order chi connectivity index (χ0) is 13.1. The molecule has 0 spiro atoms. The average Bonchev–Trinajstić information content (AvgIpc) is 2.71. The number of hydrogen-bond acceptors (Lipinski definition) is 4. The van der Waals surface area contributed by atoms with Gasteiger partial charge in [-0.1, -0.05) is 13.8 Å². The van der Waals surface area contributed by atoms with E-state index in [0.717, 1.165) is 32.4 Å². The summed E-state index contributed by atoms with van der Waals surface area (Å²) in [4.78, 5) is 19.2. The molecule has 2 rings (SSSR count). The summed E-state index contributed by atoms with van der Waals surface area (Å²) in [6.45, 7) is 5.66. The molecular weight excluding hydrogens is 248 g/mol. The highest BCUT2D eigenvalue weighted by Gasteiger charge is 2.28. The van der Waals surface area contributed by atoms with Crippen molar-refractivity contribution in [2.24, 2.45) is 0 Å². The van der Waals surface area contributed by atoms with Gasteiger partial charge >= 0.3 is 5.97 Å². The Labute approximate surface area is 112 Å². The summed E-state index contributed by atoms with van der Waals surface area (Å²) in [6.07, 6.45) is 3.70. The summed E-state index contributed by atoms with van der Waals surface area (Å²) in [5, 5.41) is 10.4. The first-order valence-corrected chi connectivity index (χ1v) is 7.41. The summed E-state index contributed by atoms with van der Waals surface area (Å²) in [7, 11) is 0. The smallest absolute Gasteiger partial charge is 0.320 e. The molecule has 18 heavy (non-hydrogen) atoms. The number of fused-ring (bicyclic) bond motifs is 1. The van der Waals surface area contributed by atoms with Crippen molar-refractivity contribution in [2.75, 3.05) is 6.54 Å². The van der Waals surface area contributed by atoms with Crippen LogP contribution >= 0.6 is 11.3 Å². The van der Waals surface area contributed by atoms with E-state index >= 15 is 0 Å². The van der Waals surface area contributed by atoms with Crippen LogP contribution in [0.15, 0.2) is 0 Å². The molecule has 1 aromatic rings. The summed E-state index contributed by atoms with van der Waals surface area (Å²) in [5.74, 6) is -0.709. The van der Waals surface area contributed by atoms with Crippen molar-refractivity contribution in [3.63, 3.8) is 0 Å². The van der Waals surface area contributed by atoms with Gasteiger partial charge in [0.25, 0.3) is 0 Å². The van der Waals surface area contributed by atoms with E-state index in [1.165, 1.54) is 15.6 Å². The highest BCUT2D eigenvalue weighted by molar-refractivity contribution is 7.11. The first kappa shape index (κ1) is 13.5. The first-order valence-electron chi connectivity index (χ1n) is 6.60. The van der Waals surface area contributed by atoms with Crippen LogP contribution in [0.3, 0.4) is 0 Å². The fourth-order valence-electron chi connectivity index (χ4n) is 2.44. The molecule has 0 fully saturated rings. The van der Waals surface area contributed by atoms with Crippen LogP contribution < -0.4 is 0 Å². The SMILES string of the molecule is CCCc1nc2c(s1)CN(C(CC)C(=O)O)CC2. The molecule has 0 aliphatic carbocycles. The van der Waals surface area contributed by atoms with Crippen LogP contribution in [0.1, 0.15) is 42.3 Å². The molecule has 1 unspecified atom stereocenters. The number of carbonyl (C=O) groups is 1. The van der Waals surface area contributed by atoms with Gasteiger partial charge in [0, 0.05) is 24.4 Å². The normalized spacial score (nSPS) is 17.4. The molecule has 0 saturated carbocycles. The molecule has 0 saturated heterocycles. The maximum absolute atomic E-state index is 11.2. The zero-order valence-corrected chi connectivity index (χ0v) is 11.8. The van der Waals surface area contributed by atoms with Gasteiger partial charge in [0.05, 0.1) is 10.7 Å². The quantitative estimate of drug-likeness (QED) is 0.890. The summed E-state index contributed by atoms with van der Waals surface area (Å²) in [5.41, 5.74) is 1.19. The third-order valence-corrected chi connectivity index (χ3v) is 4.52. The summed E-state index contributed by atoms with van der Waals surface area (Å²) < 4.78 is 0. The van der Waals surface area contributed by atoms with Gasteiger partial charge in [-0.25, -0.2) is 4.98 Å². The van der Waals surface area contributed by atoms with Gasteiger partial charge < -0.3 is 5.11 Å². The largest absolute Gasteiger partial charge is 0.480 e. The number of carboxylic acid groups (broad SMARTS) is 1. The molecular formula is C13H20N2O2S.